The van der Waals surface area contributed by atoms with Crippen LogP contribution in [0.4, 0.5) is 11.8 Å². The lowest BCUT2D eigenvalue weighted by Gasteiger charge is -2.40. The number of benzene rings is 1. The van der Waals surface area contributed by atoms with Crippen LogP contribution in [0.25, 0.3) is 10.9 Å². The van der Waals surface area contributed by atoms with Crippen LogP contribution in [0.5, 0.6) is 0 Å². The molecule has 1 aromatic heterocycles. The Morgan fingerprint density at radius 3 is 2.59 bits per heavy atom. The van der Waals surface area contributed by atoms with E-state index in [9.17, 15) is 0 Å². The third-order valence-corrected chi connectivity index (χ3v) is 5.88. The summed E-state index contributed by atoms with van der Waals surface area (Å²) in [6.45, 7) is 5.65. The zero-order valence-electron chi connectivity index (χ0n) is 16.4. The molecule has 1 saturated heterocycles. The Morgan fingerprint density at radius 2 is 1.81 bits per heavy atom. The zero-order valence-corrected chi connectivity index (χ0v) is 16.4. The van der Waals surface area contributed by atoms with Gasteiger partial charge < -0.3 is 15.0 Å². The molecule has 4 rings (SSSR count). The molecule has 2 fully saturated rings. The Kier molecular flexibility index (Phi) is 6.04. The Hall–Kier alpha value is -1.92. The van der Waals surface area contributed by atoms with Gasteiger partial charge in [0.25, 0.3) is 0 Å². The van der Waals surface area contributed by atoms with Crippen molar-refractivity contribution in [1.29, 1.82) is 0 Å². The van der Waals surface area contributed by atoms with Gasteiger partial charge in [-0.05, 0) is 25.0 Å². The molecule has 0 amide bonds. The van der Waals surface area contributed by atoms with Crippen molar-refractivity contribution >= 4 is 22.7 Å². The highest BCUT2D eigenvalue weighted by Crippen LogP contribution is 2.26. The van der Waals surface area contributed by atoms with Gasteiger partial charge in [-0.15, -0.1) is 0 Å². The molecule has 2 aromatic rings. The number of aromatic nitrogens is 2. The lowest BCUT2D eigenvalue weighted by Crippen LogP contribution is -2.51. The van der Waals surface area contributed by atoms with Gasteiger partial charge in [0.05, 0.1) is 12.1 Å². The van der Waals surface area contributed by atoms with Crippen LogP contribution in [0.15, 0.2) is 24.3 Å². The molecule has 1 aliphatic carbocycles. The van der Waals surface area contributed by atoms with Gasteiger partial charge >= 0.3 is 0 Å². The Labute approximate surface area is 161 Å². The molecule has 0 spiro atoms. The molecular formula is C21H31N5O. The molecule has 1 N–H and O–H groups in total. The summed E-state index contributed by atoms with van der Waals surface area (Å²) in [5.74, 6) is 1.75. The SMILES string of the molecule is COCCNc1nc(N2CCN(C3CCCCC3)CC2)nc2ccccc12. The fourth-order valence-corrected chi connectivity index (χ4v) is 4.35. The minimum atomic E-state index is 0.660. The number of ether oxygens (including phenoxy) is 1. The van der Waals surface area contributed by atoms with Crippen LogP contribution in [-0.2, 0) is 4.74 Å². The summed E-state index contributed by atoms with van der Waals surface area (Å²) in [4.78, 5) is 14.7. The van der Waals surface area contributed by atoms with Gasteiger partial charge in [-0.25, -0.2) is 4.98 Å². The summed E-state index contributed by atoms with van der Waals surface area (Å²) < 4.78 is 5.17. The Balaban J connectivity index is 1.48. The van der Waals surface area contributed by atoms with E-state index in [1.165, 1.54) is 32.1 Å². The molecule has 0 atom stereocenters. The van der Waals surface area contributed by atoms with E-state index in [1.807, 2.05) is 12.1 Å². The van der Waals surface area contributed by atoms with Crippen LogP contribution in [0.3, 0.4) is 0 Å². The molecule has 2 aliphatic rings. The third kappa shape index (κ3) is 4.33. The van der Waals surface area contributed by atoms with E-state index in [-0.39, 0.29) is 0 Å². The molecule has 0 radical (unpaired) electrons. The number of anilines is 2. The summed E-state index contributed by atoms with van der Waals surface area (Å²) in [7, 11) is 1.72. The molecule has 0 bridgehead atoms. The highest BCUT2D eigenvalue weighted by molar-refractivity contribution is 5.90. The first kappa shape index (κ1) is 18.4. The summed E-state index contributed by atoms with van der Waals surface area (Å²) in [6.07, 6.45) is 6.96. The van der Waals surface area contributed by atoms with Crippen molar-refractivity contribution in [2.45, 2.75) is 38.1 Å². The fourth-order valence-electron chi connectivity index (χ4n) is 4.35. The average Bonchev–Trinajstić information content (AvgIpc) is 2.74. The number of hydrogen-bond acceptors (Lipinski definition) is 6. The third-order valence-electron chi connectivity index (χ3n) is 5.88. The number of fused-ring (bicyclic) bond motifs is 1. The molecule has 2 heterocycles. The minimum absolute atomic E-state index is 0.660. The van der Waals surface area contributed by atoms with E-state index >= 15 is 0 Å². The lowest BCUT2D eigenvalue weighted by molar-refractivity contribution is 0.147. The summed E-state index contributed by atoms with van der Waals surface area (Å²) >= 11 is 0. The first-order valence-corrected chi connectivity index (χ1v) is 10.3. The number of methoxy groups -OCH3 is 1. The van der Waals surface area contributed by atoms with Crippen molar-refractivity contribution < 1.29 is 4.74 Å². The van der Waals surface area contributed by atoms with Gasteiger partial charge in [-0.3, -0.25) is 4.90 Å². The first-order valence-electron chi connectivity index (χ1n) is 10.3. The molecule has 1 aliphatic heterocycles. The smallest absolute Gasteiger partial charge is 0.227 e. The predicted octanol–water partition coefficient (Wildman–Crippen LogP) is 3.14. The van der Waals surface area contributed by atoms with E-state index in [0.29, 0.717) is 6.61 Å². The van der Waals surface area contributed by atoms with E-state index in [2.05, 4.69) is 27.2 Å². The predicted molar refractivity (Wildman–Crippen MR) is 111 cm³/mol. The van der Waals surface area contributed by atoms with E-state index in [4.69, 9.17) is 14.7 Å². The minimum Gasteiger partial charge on any atom is -0.383 e. The first-order chi connectivity index (χ1) is 13.3. The second-order valence-corrected chi connectivity index (χ2v) is 7.62. The van der Waals surface area contributed by atoms with Crippen molar-refractivity contribution in [3.8, 4) is 0 Å². The monoisotopic (exact) mass is 369 g/mol. The molecule has 1 aromatic carbocycles. The topological polar surface area (TPSA) is 53.5 Å². The van der Waals surface area contributed by atoms with Gasteiger partial charge in [-0.2, -0.15) is 4.98 Å². The molecule has 6 heteroatoms. The van der Waals surface area contributed by atoms with Crippen LogP contribution in [0, 0.1) is 0 Å². The van der Waals surface area contributed by atoms with Gasteiger partial charge in [0.15, 0.2) is 0 Å². The summed E-state index contributed by atoms with van der Waals surface area (Å²) in [5, 5.41) is 4.48. The fraction of sp³-hybridized carbons (Fsp3) is 0.619. The molecule has 146 valence electrons. The largest absolute Gasteiger partial charge is 0.383 e. The average molecular weight is 370 g/mol. The van der Waals surface area contributed by atoms with Crippen LogP contribution in [0.2, 0.25) is 0 Å². The lowest BCUT2D eigenvalue weighted by atomic mass is 9.94. The van der Waals surface area contributed by atoms with Gasteiger partial charge in [0, 0.05) is 51.3 Å². The van der Waals surface area contributed by atoms with Crippen molar-refractivity contribution in [2.24, 2.45) is 0 Å². The number of hydrogen-bond donors (Lipinski definition) is 1. The Bertz CT molecular complexity index is 738. The molecule has 27 heavy (non-hydrogen) atoms. The van der Waals surface area contributed by atoms with Crippen molar-refractivity contribution in [2.75, 3.05) is 56.7 Å². The van der Waals surface area contributed by atoms with Crippen molar-refractivity contribution in [3.05, 3.63) is 24.3 Å². The van der Waals surface area contributed by atoms with Crippen LogP contribution >= 0.6 is 0 Å². The molecular weight excluding hydrogens is 338 g/mol. The second-order valence-electron chi connectivity index (χ2n) is 7.62. The maximum absolute atomic E-state index is 5.17. The van der Waals surface area contributed by atoms with Crippen LogP contribution in [0.1, 0.15) is 32.1 Å². The highest BCUT2D eigenvalue weighted by Gasteiger charge is 2.26. The molecule has 1 saturated carbocycles. The molecule has 6 nitrogen and oxygen atoms in total. The standard InChI is InChI=1S/C21H31N5O/c1-27-16-11-22-20-18-9-5-6-10-19(18)23-21(24-20)26-14-12-25(13-15-26)17-7-3-2-4-8-17/h5-6,9-10,17H,2-4,7-8,11-16H2,1H3,(H,22,23,24). The van der Waals surface area contributed by atoms with Crippen LogP contribution < -0.4 is 10.2 Å². The molecule has 0 unspecified atom stereocenters. The summed E-state index contributed by atoms with van der Waals surface area (Å²) in [6, 6.07) is 9.02. The van der Waals surface area contributed by atoms with E-state index in [0.717, 1.165) is 61.4 Å². The Morgan fingerprint density at radius 1 is 1.04 bits per heavy atom. The summed E-state index contributed by atoms with van der Waals surface area (Å²) in [5.41, 5.74) is 0.997. The number of nitrogens with zero attached hydrogens (tertiary/aromatic N) is 4. The number of rotatable bonds is 6. The highest BCUT2D eigenvalue weighted by atomic mass is 16.5. The van der Waals surface area contributed by atoms with E-state index in [1.54, 1.807) is 7.11 Å². The quantitative estimate of drug-likeness (QED) is 0.790. The van der Waals surface area contributed by atoms with Crippen LogP contribution in [-0.4, -0.2) is 67.4 Å². The van der Waals surface area contributed by atoms with Crippen molar-refractivity contribution in [1.82, 2.24) is 14.9 Å². The van der Waals surface area contributed by atoms with Crippen molar-refractivity contribution in [3.63, 3.8) is 0 Å². The maximum Gasteiger partial charge on any atom is 0.227 e. The van der Waals surface area contributed by atoms with Gasteiger partial charge in [-0.1, -0.05) is 31.4 Å². The van der Waals surface area contributed by atoms with E-state index < -0.39 is 0 Å². The number of nitrogens with one attached hydrogen (secondary N) is 1. The van der Waals surface area contributed by atoms with Gasteiger partial charge in [0.1, 0.15) is 5.82 Å². The zero-order chi connectivity index (χ0) is 18.5. The van der Waals surface area contributed by atoms with Gasteiger partial charge in [0.2, 0.25) is 5.95 Å². The second kappa shape index (κ2) is 8.85. The maximum atomic E-state index is 5.17. The number of piperazine rings is 1. The number of para-hydroxylation sites is 1. The normalized spacial score (nSPS) is 19.5.